The largest absolute Gasteiger partial charge is 0.513 e. The van der Waals surface area contributed by atoms with Crippen molar-refractivity contribution in [2.75, 3.05) is 19.9 Å². The summed E-state index contributed by atoms with van der Waals surface area (Å²) in [4.78, 5) is 40.0. The lowest BCUT2D eigenvalue weighted by molar-refractivity contribution is -0.956. The monoisotopic (exact) mass is 648 g/mol. The molecule has 2 bridgehead atoms. The Bertz CT molecular complexity index is 1220. The molecule has 2 unspecified atom stereocenters. The maximum absolute atomic E-state index is 14.4. The van der Waals surface area contributed by atoms with Gasteiger partial charge in [0, 0.05) is 56.1 Å². The smallest absolute Gasteiger partial charge is 0.458 e. The number of rotatable bonds is 17. The van der Waals surface area contributed by atoms with Crippen LogP contribution in [0.3, 0.4) is 0 Å². The van der Waals surface area contributed by atoms with E-state index in [0.717, 1.165) is 32.1 Å². The van der Waals surface area contributed by atoms with E-state index < -0.39 is 30.5 Å². The van der Waals surface area contributed by atoms with Crippen LogP contribution in [-0.2, 0) is 34.1 Å². The minimum atomic E-state index is -1.89. The molecule has 3 heterocycles. The van der Waals surface area contributed by atoms with E-state index in [4.69, 9.17) is 18.9 Å². The number of hydrogen-bond donors (Lipinski definition) is 0. The summed E-state index contributed by atoms with van der Waals surface area (Å²) in [6.07, 6.45) is 15.8. The minimum absolute atomic E-state index is 0.252. The lowest BCUT2D eigenvalue weighted by Crippen LogP contribution is -2.60. The molecule has 0 amide bonds. The molecule has 5 rings (SSSR count). The summed E-state index contributed by atoms with van der Waals surface area (Å²) in [5, 5.41) is 0. The van der Waals surface area contributed by atoms with Gasteiger partial charge in [-0.3, -0.25) is 4.79 Å². The summed E-state index contributed by atoms with van der Waals surface area (Å²) < 4.78 is 23.9. The Morgan fingerprint density at radius 1 is 0.723 bits per heavy atom. The van der Waals surface area contributed by atoms with Gasteiger partial charge in [-0.05, 0) is 6.42 Å². The number of quaternary nitrogens is 1. The molecule has 0 saturated carbocycles. The third-order valence-electron chi connectivity index (χ3n) is 10.8. The summed E-state index contributed by atoms with van der Waals surface area (Å²) in [5.41, 5.74) is -0.981. The normalized spacial score (nSPS) is 21.3. The molecular weight excluding hydrogens is 594 g/mol. The second-order valence-corrected chi connectivity index (χ2v) is 13.8. The van der Waals surface area contributed by atoms with E-state index in [1.54, 1.807) is 48.5 Å². The molecule has 256 valence electrons. The summed E-state index contributed by atoms with van der Waals surface area (Å²) in [6, 6.07) is 18.9. The third-order valence-corrected chi connectivity index (χ3v) is 10.8. The molecule has 2 aromatic carbocycles. The minimum Gasteiger partial charge on any atom is -0.458 e. The summed E-state index contributed by atoms with van der Waals surface area (Å²) in [5.74, 6) is -1.07. The Morgan fingerprint density at radius 3 is 1.81 bits per heavy atom. The van der Waals surface area contributed by atoms with Crippen molar-refractivity contribution in [2.24, 2.45) is 0 Å². The van der Waals surface area contributed by atoms with Crippen LogP contribution in [0.25, 0.3) is 0 Å². The first-order chi connectivity index (χ1) is 23.0. The lowest BCUT2D eigenvalue weighted by atomic mass is 9.85. The molecule has 0 aromatic heterocycles. The molecule has 2 atom stereocenters. The van der Waals surface area contributed by atoms with E-state index in [9.17, 15) is 14.4 Å². The van der Waals surface area contributed by atoms with Gasteiger partial charge in [0.25, 0.3) is 5.60 Å². The second-order valence-electron chi connectivity index (χ2n) is 13.8. The van der Waals surface area contributed by atoms with E-state index in [-0.39, 0.29) is 12.5 Å². The van der Waals surface area contributed by atoms with Crippen LogP contribution in [0.2, 0.25) is 0 Å². The second kappa shape index (κ2) is 17.1. The molecule has 0 radical (unpaired) electrons. The van der Waals surface area contributed by atoms with Crippen molar-refractivity contribution in [1.82, 2.24) is 0 Å². The van der Waals surface area contributed by atoms with Crippen molar-refractivity contribution in [3.63, 3.8) is 0 Å². The van der Waals surface area contributed by atoms with Crippen LogP contribution in [0.5, 0.6) is 0 Å². The van der Waals surface area contributed by atoms with Crippen LogP contribution in [-0.4, -0.2) is 60.6 Å². The van der Waals surface area contributed by atoms with Crippen molar-refractivity contribution in [2.45, 2.75) is 133 Å². The summed E-state index contributed by atoms with van der Waals surface area (Å²) in [7, 11) is 0. The number of esters is 2. The van der Waals surface area contributed by atoms with E-state index in [2.05, 4.69) is 6.92 Å². The highest BCUT2D eigenvalue weighted by atomic mass is 16.8. The van der Waals surface area contributed by atoms with Crippen LogP contribution in [0, 0.1) is 0 Å². The van der Waals surface area contributed by atoms with Crippen molar-refractivity contribution in [1.29, 1.82) is 0 Å². The third kappa shape index (κ3) is 8.56. The zero-order valence-electron chi connectivity index (χ0n) is 28.2. The first kappa shape index (κ1) is 34.9. The van der Waals surface area contributed by atoms with Crippen LogP contribution in [0.15, 0.2) is 60.7 Å². The van der Waals surface area contributed by atoms with Gasteiger partial charge in [-0.25, -0.2) is 9.59 Å². The van der Waals surface area contributed by atoms with E-state index in [0.29, 0.717) is 23.2 Å². The molecule has 0 N–H and O–H groups in total. The fraction of sp³-hybridized carbons (Fsp3) is 0.615. The molecule has 3 fully saturated rings. The fourth-order valence-electron chi connectivity index (χ4n) is 8.40. The Hall–Kier alpha value is -3.39. The molecule has 8 nitrogen and oxygen atoms in total. The molecule has 3 aliphatic heterocycles. The SMILES string of the molecule is CCCCCCCCCCCC(=O)OCOC(=O)OC(C(=O)OC1CC2CCC(C1)[N+]21CCCC1)(c1ccccc1)c1ccccc1. The molecule has 47 heavy (non-hydrogen) atoms. The maximum Gasteiger partial charge on any atom is 0.513 e. The average Bonchev–Trinajstić information content (AvgIpc) is 3.63. The Kier molecular flexibility index (Phi) is 12.7. The highest BCUT2D eigenvalue weighted by Gasteiger charge is 2.57. The van der Waals surface area contributed by atoms with Gasteiger partial charge in [-0.15, -0.1) is 0 Å². The highest BCUT2D eigenvalue weighted by Crippen LogP contribution is 2.47. The van der Waals surface area contributed by atoms with Crippen molar-refractivity contribution in [3.05, 3.63) is 71.8 Å². The number of nitrogens with zero attached hydrogens (tertiary/aromatic N) is 1. The van der Waals surface area contributed by atoms with Gasteiger partial charge in [0.15, 0.2) is 0 Å². The molecule has 2 aromatic rings. The lowest BCUT2D eigenvalue weighted by Gasteiger charge is -2.47. The van der Waals surface area contributed by atoms with Crippen molar-refractivity contribution in [3.8, 4) is 0 Å². The van der Waals surface area contributed by atoms with Gasteiger partial charge >= 0.3 is 18.1 Å². The molecule has 3 aliphatic rings. The Labute approximate surface area is 280 Å². The number of hydrogen-bond acceptors (Lipinski definition) is 7. The van der Waals surface area contributed by atoms with Gasteiger partial charge in [0.2, 0.25) is 6.79 Å². The number of carbonyl (C=O) groups excluding carboxylic acids is 3. The fourth-order valence-corrected chi connectivity index (χ4v) is 8.40. The first-order valence-corrected chi connectivity index (χ1v) is 18.2. The Balaban J connectivity index is 1.19. The zero-order chi connectivity index (χ0) is 33.0. The number of benzene rings is 2. The highest BCUT2D eigenvalue weighted by molar-refractivity contribution is 5.88. The van der Waals surface area contributed by atoms with E-state index in [1.807, 2.05) is 12.1 Å². The number of unbranched alkanes of at least 4 members (excludes halogenated alkanes) is 8. The Morgan fingerprint density at radius 2 is 1.26 bits per heavy atom. The van der Waals surface area contributed by atoms with Gasteiger partial charge in [0.05, 0.1) is 25.2 Å². The summed E-state index contributed by atoms with van der Waals surface area (Å²) >= 11 is 0. The molecule has 3 saturated heterocycles. The predicted octanol–water partition coefficient (Wildman–Crippen LogP) is 8.35. The molecule has 1 spiro atoms. The topological polar surface area (TPSA) is 88.1 Å². The predicted molar refractivity (Wildman–Crippen MR) is 179 cm³/mol. The first-order valence-electron chi connectivity index (χ1n) is 18.2. The number of piperidine rings is 1. The van der Waals surface area contributed by atoms with Crippen LogP contribution in [0.1, 0.15) is 121 Å². The van der Waals surface area contributed by atoms with Gasteiger partial charge in [-0.1, -0.05) is 119 Å². The van der Waals surface area contributed by atoms with Gasteiger partial charge in [-0.2, -0.15) is 0 Å². The van der Waals surface area contributed by atoms with Crippen LogP contribution < -0.4 is 0 Å². The summed E-state index contributed by atoms with van der Waals surface area (Å²) in [6.45, 7) is 4.09. The van der Waals surface area contributed by atoms with Crippen molar-refractivity contribution >= 4 is 18.1 Å². The quantitative estimate of drug-likeness (QED) is 0.0560. The standard InChI is InChI=1S/C39H54NO7/c1-2-3-4-5-6-7-8-9-16-23-36(41)44-30-45-38(43)47-39(31-19-12-10-13-20-31,32-21-14-11-15-22-32)37(42)46-35-28-33-24-25-34(29-35)40(33)26-17-18-27-40/h10-15,19-22,33-35H,2-9,16-18,23-30H2,1H3/q+1. The van der Waals surface area contributed by atoms with Gasteiger partial charge in [0.1, 0.15) is 6.10 Å². The van der Waals surface area contributed by atoms with Crippen LogP contribution >= 0.6 is 0 Å². The van der Waals surface area contributed by atoms with E-state index >= 15 is 0 Å². The molecule has 0 aliphatic carbocycles. The van der Waals surface area contributed by atoms with Crippen LogP contribution in [0.4, 0.5) is 4.79 Å². The molecular formula is C39H54NO7+. The number of carbonyl (C=O) groups is 3. The zero-order valence-corrected chi connectivity index (χ0v) is 28.2. The van der Waals surface area contributed by atoms with Gasteiger partial charge < -0.3 is 23.4 Å². The maximum atomic E-state index is 14.4. The average molecular weight is 649 g/mol. The van der Waals surface area contributed by atoms with Crippen molar-refractivity contribution < 1.29 is 37.8 Å². The number of ether oxygens (including phenoxy) is 4. The molecule has 8 heteroatoms. The van der Waals surface area contributed by atoms with E-state index in [1.165, 1.54) is 81.8 Å².